The van der Waals surface area contributed by atoms with Crippen LogP contribution in [-0.2, 0) is 6.54 Å². The fourth-order valence-corrected chi connectivity index (χ4v) is 3.89. The summed E-state index contributed by atoms with van der Waals surface area (Å²) in [7, 11) is 0. The van der Waals surface area contributed by atoms with Gasteiger partial charge in [-0.1, -0.05) is 41.4 Å². The highest BCUT2D eigenvalue weighted by molar-refractivity contribution is 6.42. The summed E-state index contributed by atoms with van der Waals surface area (Å²) < 4.78 is 2.18. The predicted molar refractivity (Wildman–Crippen MR) is 107 cm³/mol. The van der Waals surface area contributed by atoms with Crippen LogP contribution in [0.15, 0.2) is 42.5 Å². The first-order valence-corrected chi connectivity index (χ1v) is 9.69. The van der Waals surface area contributed by atoms with Crippen LogP contribution in [0.5, 0.6) is 0 Å². The van der Waals surface area contributed by atoms with Crippen LogP contribution < -0.4 is 5.32 Å². The van der Waals surface area contributed by atoms with Gasteiger partial charge in [-0.15, -0.1) is 0 Å². The third kappa shape index (κ3) is 3.68. The second-order valence-electron chi connectivity index (χ2n) is 6.91. The van der Waals surface area contributed by atoms with Crippen LogP contribution in [0, 0.1) is 0 Å². The number of aliphatic hydroxyl groups is 1. The number of benzene rings is 2. The lowest BCUT2D eigenvalue weighted by Crippen LogP contribution is -2.29. The summed E-state index contributed by atoms with van der Waals surface area (Å²) in [5, 5.41) is 14.4. The summed E-state index contributed by atoms with van der Waals surface area (Å²) in [6.45, 7) is 0.662. The Labute approximate surface area is 162 Å². The number of fused-ring (bicyclic) bond motifs is 1. The molecule has 4 rings (SSSR count). The van der Waals surface area contributed by atoms with Gasteiger partial charge in [0.15, 0.2) is 0 Å². The van der Waals surface area contributed by atoms with Crippen molar-refractivity contribution in [2.24, 2.45) is 0 Å². The smallest absolute Gasteiger partial charge is 0.204 e. The lowest BCUT2D eigenvalue weighted by atomic mass is 9.93. The minimum Gasteiger partial charge on any atom is -0.393 e. The van der Waals surface area contributed by atoms with Crippen LogP contribution >= 0.6 is 23.2 Å². The van der Waals surface area contributed by atoms with Gasteiger partial charge in [-0.25, -0.2) is 4.98 Å². The van der Waals surface area contributed by atoms with E-state index in [1.54, 1.807) is 0 Å². The number of nitrogens with one attached hydrogen (secondary N) is 1. The van der Waals surface area contributed by atoms with Crippen LogP contribution in [0.1, 0.15) is 31.2 Å². The molecule has 4 nitrogen and oxygen atoms in total. The number of hydrogen-bond acceptors (Lipinski definition) is 3. The quantitative estimate of drug-likeness (QED) is 0.651. The van der Waals surface area contributed by atoms with Crippen LogP contribution in [0.25, 0.3) is 11.0 Å². The van der Waals surface area contributed by atoms with Crippen molar-refractivity contribution in [3.63, 3.8) is 0 Å². The first kappa shape index (κ1) is 17.7. The second kappa shape index (κ2) is 7.47. The Hall–Kier alpha value is -1.75. The SMILES string of the molecule is OC1CCC(Nc2nc3ccccc3n2Cc2ccc(Cl)c(Cl)c2)CC1. The van der Waals surface area contributed by atoms with E-state index in [4.69, 9.17) is 28.2 Å². The van der Waals surface area contributed by atoms with Gasteiger partial charge in [0.1, 0.15) is 0 Å². The van der Waals surface area contributed by atoms with Gasteiger partial charge in [0.25, 0.3) is 0 Å². The molecule has 1 aliphatic carbocycles. The maximum absolute atomic E-state index is 9.73. The third-order valence-electron chi connectivity index (χ3n) is 5.01. The highest BCUT2D eigenvalue weighted by Crippen LogP contribution is 2.28. The zero-order valence-electron chi connectivity index (χ0n) is 14.3. The average Bonchev–Trinajstić information content (AvgIpc) is 2.97. The van der Waals surface area contributed by atoms with Crippen molar-refractivity contribution < 1.29 is 5.11 Å². The Morgan fingerprint density at radius 2 is 1.81 bits per heavy atom. The van der Waals surface area contributed by atoms with Gasteiger partial charge in [-0.05, 0) is 55.5 Å². The number of aromatic nitrogens is 2. The highest BCUT2D eigenvalue weighted by atomic mass is 35.5. The molecule has 0 atom stereocenters. The van der Waals surface area contributed by atoms with Gasteiger partial charge < -0.3 is 15.0 Å². The average molecular weight is 390 g/mol. The molecule has 1 aromatic heterocycles. The van der Waals surface area contributed by atoms with Crippen molar-refractivity contribution in [2.45, 2.75) is 44.4 Å². The van der Waals surface area contributed by atoms with Crippen molar-refractivity contribution >= 4 is 40.2 Å². The van der Waals surface area contributed by atoms with E-state index in [0.717, 1.165) is 48.2 Å². The highest BCUT2D eigenvalue weighted by Gasteiger charge is 2.21. The summed E-state index contributed by atoms with van der Waals surface area (Å²) in [4.78, 5) is 4.79. The molecule has 0 aliphatic heterocycles. The van der Waals surface area contributed by atoms with Crippen LogP contribution in [-0.4, -0.2) is 26.8 Å². The zero-order valence-corrected chi connectivity index (χ0v) is 15.8. The molecule has 2 N–H and O–H groups in total. The van der Waals surface area contributed by atoms with Crippen molar-refractivity contribution in [1.29, 1.82) is 0 Å². The van der Waals surface area contributed by atoms with E-state index < -0.39 is 0 Å². The number of aliphatic hydroxyl groups excluding tert-OH is 1. The number of rotatable bonds is 4. The number of imidazole rings is 1. The summed E-state index contributed by atoms with van der Waals surface area (Å²) in [6, 6.07) is 14.2. The van der Waals surface area contributed by atoms with E-state index in [9.17, 15) is 5.11 Å². The maximum atomic E-state index is 9.73. The summed E-state index contributed by atoms with van der Waals surface area (Å²) in [5.41, 5.74) is 3.12. The van der Waals surface area contributed by atoms with Gasteiger partial charge in [0, 0.05) is 6.04 Å². The van der Waals surface area contributed by atoms with Gasteiger partial charge in [0.05, 0.1) is 33.7 Å². The lowest BCUT2D eigenvalue weighted by molar-refractivity contribution is 0.126. The van der Waals surface area contributed by atoms with Crippen LogP contribution in [0.3, 0.4) is 0 Å². The first-order chi connectivity index (χ1) is 12.6. The van der Waals surface area contributed by atoms with E-state index in [0.29, 0.717) is 22.6 Å². The Kier molecular flexibility index (Phi) is 5.07. The van der Waals surface area contributed by atoms with Gasteiger partial charge in [-0.3, -0.25) is 0 Å². The Balaban J connectivity index is 1.66. The lowest BCUT2D eigenvalue weighted by Gasteiger charge is -2.26. The van der Waals surface area contributed by atoms with E-state index >= 15 is 0 Å². The largest absolute Gasteiger partial charge is 0.393 e. The minimum atomic E-state index is -0.164. The fourth-order valence-electron chi connectivity index (χ4n) is 3.57. The molecular formula is C20H21Cl2N3O. The van der Waals surface area contributed by atoms with E-state index in [1.807, 2.05) is 36.4 Å². The summed E-state index contributed by atoms with van der Waals surface area (Å²) in [5.74, 6) is 0.860. The molecular weight excluding hydrogens is 369 g/mol. The van der Waals surface area contributed by atoms with Crippen LogP contribution in [0.2, 0.25) is 10.0 Å². The Bertz CT molecular complexity index is 917. The van der Waals surface area contributed by atoms with Crippen molar-refractivity contribution in [3.05, 3.63) is 58.1 Å². The van der Waals surface area contributed by atoms with Gasteiger partial charge in [-0.2, -0.15) is 0 Å². The topological polar surface area (TPSA) is 50.1 Å². The molecule has 0 unspecified atom stereocenters. The van der Waals surface area contributed by atoms with Gasteiger partial charge >= 0.3 is 0 Å². The molecule has 1 heterocycles. The molecule has 1 fully saturated rings. The molecule has 1 aliphatic rings. The number of anilines is 1. The molecule has 6 heteroatoms. The van der Waals surface area contributed by atoms with Crippen molar-refractivity contribution in [2.75, 3.05) is 5.32 Å². The maximum Gasteiger partial charge on any atom is 0.204 e. The number of nitrogens with zero attached hydrogens (tertiary/aromatic N) is 2. The van der Waals surface area contributed by atoms with E-state index in [-0.39, 0.29) is 6.10 Å². The fraction of sp³-hybridized carbons (Fsp3) is 0.350. The monoisotopic (exact) mass is 389 g/mol. The molecule has 1 saturated carbocycles. The summed E-state index contributed by atoms with van der Waals surface area (Å²) in [6.07, 6.45) is 3.42. The van der Waals surface area contributed by atoms with E-state index in [2.05, 4.69) is 16.0 Å². The molecule has 2 aromatic carbocycles. The molecule has 3 aromatic rings. The third-order valence-corrected chi connectivity index (χ3v) is 5.75. The molecule has 26 heavy (non-hydrogen) atoms. The molecule has 0 amide bonds. The minimum absolute atomic E-state index is 0.164. The number of halogens is 2. The number of hydrogen-bond donors (Lipinski definition) is 2. The zero-order chi connectivity index (χ0) is 18.1. The standard InChI is InChI=1S/C20H21Cl2N3O/c21-16-10-5-13(11-17(16)22)12-25-19-4-2-1-3-18(19)24-20(25)23-14-6-8-15(26)9-7-14/h1-5,10-11,14-15,26H,6-9,12H2,(H,23,24). The van der Waals surface area contributed by atoms with Crippen LogP contribution in [0.4, 0.5) is 5.95 Å². The first-order valence-electron chi connectivity index (χ1n) is 8.94. The second-order valence-corrected chi connectivity index (χ2v) is 7.72. The molecule has 0 saturated heterocycles. The molecule has 0 bridgehead atoms. The predicted octanol–water partition coefficient (Wildman–Crippen LogP) is 5.11. The Morgan fingerprint density at radius 3 is 2.58 bits per heavy atom. The molecule has 0 spiro atoms. The summed E-state index contributed by atoms with van der Waals surface area (Å²) >= 11 is 12.2. The molecule has 136 valence electrons. The van der Waals surface area contributed by atoms with Crippen molar-refractivity contribution in [3.8, 4) is 0 Å². The normalized spacial score (nSPS) is 20.4. The Morgan fingerprint density at radius 1 is 1.04 bits per heavy atom. The number of para-hydroxylation sites is 2. The van der Waals surface area contributed by atoms with Gasteiger partial charge in [0.2, 0.25) is 5.95 Å². The van der Waals surface area contributed by atoms with E-state index in [1.165, 1.54) is 0 Å². The van der Waals surface area contributed by atoms with Crippen molar-refractivity contribution in [1.82, 2.24) is 9.55 Å². The molecule has 0 radical (unpaired) electrons.